The maximum Gasteiger partial charge on any atom is 0.277 e. The highest BCUT2D eigenvalue weighted by Crippen LogP contribution is 2.27. The molecule has 0 aromatic heterocycles. The van der Waals surface area contributed by atoms with Gasteiger partial charge in [-0.1, -0.05) is 0 Å². The van der Waals surface area contributed by atoms with Gasteiger partial charge in [0.05, 0.1) is 30.7 Å². The molecule has 82 valence electrons. The molecule has 0 aliphatic carbocycles. The summed E-state index contributed by atoms with van der Waals surface area (Å²) >= 11 is 0. The lowest BCUT2D eigenvalue weighted by Gasteiger charge is -2.09. The molecule has 6 heteroatoms. The Bertz CT molecular complexity index is 367. The molecular weight excluding hydrogens is 200 g/mol. The third-order valence-electron chi connectivity index (χ3n) is 2.03. The Hall–Kier alpha value is -1.66. The van der Waals surface area contributed by atoms with E-state index in [-0.39, 0.29) is 12.3 Å². The fourth-order valence-corrected chi connectivity index (χ4v) is 1.22. The van der Waals surface area contributed by atoms with Gasteiger partial charge in [-0.3, -0.25) is 10.1 Å². The molecule has 0 aliphatic heterocycles. The molecule has 1 atom stereocenters. The van der Waals surface area contributed by atoms with Gasteiger partial charge < -0.3 is 15.6 Å². The third kappa shape index (κ3) is 2.42. The Balaban J connectivity index is 3.21. The van der Waals surface area contributed by atoms with Crippen molar-refractivity contribution in [3.8, 4) is 5.75 Å². The number of nitro benzene ring substituents is 1. The molecule has 1 aromatic rings. The van der Waals surface area contributed by atoms with Gasteiger partial charge in [0.15, 0.2) is 0 Å². The quantitative estimate of drug-likeness (QED) is 0.562. The van der Waals surface area contributed by atoms with Gasteiger partial charge in [-0.15, -0.1) is 0 Å². The van der Waals surface area contributed by atoms with Crippen LogP contribution in [0, 0.1) is 10.1 Å². The third-order valence-corrected chi connectivity index (χ3v) is 2.03. The van der Waals surface area contributed by atoms with E-state index < -0.39 is 11.0 Å². The molecule has 0 aliphatic rings. The van der Waals surface area contributed by atoms with E-state index in [4.69, 9.17) is 15.6 Å². The number of nitrogens with zero attached hydrogens (tertiary/aromatic N) is 1. The number of ether oxygens (including phenoxy) is 1. The largest absolute Gasteiger partial charge is 0.497 e. The predicted octanol–water partition coefficient (Wildman–Crippen LogP) is 0.595. The average molecular weight is 212 g/mol. The number of nitro groups is 1. The standard InChI is InChI=1S/C9H12N2O4/c1-15-6-2-3-7(8(10)5-12)9(4-6)11(13)14/h2-4,8,12H,5,10H2,1H3/t8-/m1/s1. The van der Waals surface area contributed by atoms with Gasteiger partial charge >= 0.3 is 0 Å². The van der Waals surface area contributed by atoms with Gasteiger partial charge in [0.1, 0.15) is 5.75 Å². The van der Waals surface area contributed by atoms with Gasteiger partial charge in [-0.25, -0.2) is 0 Å². The number of methoxy groups -OCH3 is 1. The average Bonchev–Trinajstić information content (AvgIpc) is 2.27. The lowest BCUT2D eigenvalue weighted by atomic mass is 10.1. The monoisotopic (exact) mass is 212 g/mol. The Morgan fingerprint density at radius 1 is 1.67 bits per heavy atom. The molecule has 0 heterocycles. The summed E-state index contributed by atoms with van der Waals surface area (Å²) in [6, 6.07) is 3.58. The molecule has 6 nitrogen and oxygen atoms in total. The molecule has 0 bridgehead atoms. The number of hydrogen-bond acceptors (Lipinski definition) is 5. The van der Waals surface area contributed by atoms with E-state index in [2.05, 4.69) is 0 Å². The molecular formula is C9H12N2O4. The van der Waals surface area contributed by atoms with Crippen molar-refractivity contribution in [1.29, 1.82) is 0 Å². The van der Waals surface area contributed by atoms with Crippen LogP contribution in [0.5, 0.6) is 5.75 Å². The van der Waals surface area contributed by atoms with Gasteiger partial charge in [0.2, 0.25) is 0 Å². The Labute approximate surface area is 86.4 Å². The highest BCUT2D eigenvalue weighted by Gasteiger charge is 2.19. The van der Waals surface area contributed by atoms with Crippen LogP contribution < -0.4 is 10.5 Å². The maximum absolute atomic E-state index is 10.7. The first kappa shape index (κ1) is 11.4. The molecule has 15 heavy (non-hydrogen) atoms. The molecule has 0 unspecified atom stereocenters. The zero-order chi connectivity index (χ0) is 11.4. The van der Waals surface area contributed by atoms with Crippen LogP contribution in [0.4, 0.5) is 5.69 Å². The van der Waals surface area contributed by atoms with Crippen molar-refractivity contribution in [3.63, 3.8) is 0 Å². The summed E-state index contributed by atoms with van der Waals surface area (Å²) in [6.45, 7) is -0.340. The minimum absolute atomic E-state index is 0.143. The molecule has 1 aromatic carbocycles. The van der Waals surface area contributed by atoms with Gasteiger partial charge in [0, 0.05) is 5.56 Å². The lowest BCUT2D eigenvalue weighted by molar-refractivity contribution is -0.385. The van der Waals surface area contributed by atoms with Crippen molar-refractivity contribution in [2.45, 2.75) is 6.04 Å². The number of aliphatic hydroxyl groups excluding tert-OH is 1. The molecule has 1 rings (SSSR count). The molecule has 0 spiro atoms. The van der Waals surface area contributed by atoms with Crippen LogP contribution in [0.3, 0.4) is 0 Å². The molecule has 0 fully saturated rings. The lowest BCUT2D eigenvalue weighted by Crippen LogP contribution is -2.16. The second-order valence-electron chi connectivity index (χ2n) is 2.97. The number of rotatable bonds is 4. The Morgan fingerprint density at radius 3 is 2.80 bits per heavy atom. The summed E-state index contributed by atoms with van der Waals surface area (Å²) in [6.07, 6.45) is 0. The summed E-state index contributed by atoms with van der Waals surface area (Å²) in [4.78, 5) is 10.2. The molecule has 0 radical (unpaired) electrons. The van der Waals surface area contributed by atoms with Gasteiger partial charge in [0.25, 0.3) is 5.69 Å². The van der Waals surface area contributed by atoms with Crippen LogP contribution in [0.1, 0.15) is 11.6 Å². The first-order chi connectivity index (χ1) is 7.10. The number of aliphatic hydroxyl groups is 1. The van der Waals surface area contributed by atoms with Crippen molar-refractivity contribution < 1.29 is 14.8 Å². The van der Waals surface area contributed by atoms with E-state index in [0.29, 0.717) is 11.3 Å². The van der Waals surface area contributed by atoms with Crippen LogP contribution in [0.25, 0.3) is 0 Å². The first-order valence-corrected chi connectivity index (χ1v) is 4.29. The Kier molecular flexibility index (Phi) is 3.59. The van der Waals surface area contributed by atoms with E-state index >= 15 is 0 Å². The van der Waals surface area contributed by atoms with E-state index in [0.717, 1.165) is 0 Å². The summed E-state index contributed by atoms with van der Waals surface area (Å²) in [7, 11) is 1.42. The second kappa shape index (κ2) is 4.72. The predicted molar refractivity (Wildman–Crippen MR) is 53.7 cm³/mol. The number of hydrogen-bond donors (Lipinski definition) is 2. The van der Waals surface area contributed by atoms with Crippen LogP contribution in [-0.4, -0.2) is 23.7 Å². The van der Waals surface area contributed by atoms with Crippen LogP contribution in [0.15, 0.2) is 18.2 Å². The zero-order valence-electron chi connectivity index (χ0n) is 8.21. The van der Waals surface area contributed by atoms with E-state index in [1.165, 1.54) is 19.2 Å². The first-order valence-electron chi connectivity index (χ1n) is 4.29. The molecule has 0 saturated carbocycles. The van der Waals surface area contributed by atoms with Crippen LogP contribution in [-0.2, 0) is 0 Å². The molecule has 0 saturated heterocycles. The number of nitrogens with two attached hydrogens (primary N) is 1. The summed E-state index contributed by atoms with van der Waals surface area (Å²) < 4.78 is 4.87. The highest BCUT2D eigenvalue weighted by molar-refractivity contribution is 5.47. The van der Waals surface area contributed by atoms with Crippen molar-refractivity contribution in [3.05, 3.63) is 33.9 Å². The zero-order valence-corrected chi connectivity index (χ0v) is 8.21. The van der Waals surface area contributed by atoms with E-state index in [1.54, 1.807) is 6.07 Å². The van der Waals surface area contributed by atoms with Crippen molar-refractivity contribution in [2.75, 3.05) is 13.7 Å². The van der Waals surface area contributed by atoms with Gasteiger partial charge in [-0.05, 0) is 12.1 Å². The maximum atomic E-state index is 10.7. The fraction of sp³-hybridized carbons (Fsp3) is 0.333. The van der Waals surface area contributed by atoms with E-state index in [1.807, 2.05) is 0 Å². The van der Waals surface area contributed by atoms with E-state index in [9.17, 15) is 10.1 Å². The summed E-state index contributed by atoms with van der Waals surface area (Å²) in [5, 5.41) is 19.6. The van der Waals surface area contributed by atoms with Crippen molar-refractivity contribution in [2.24, 2.45) is 5.73 Å². The smallest absolute Gasteiger partial charge is 0.277 e. The topological polar surface area (TPSA) is 98.6 Å². The minimum Gasteiger partial charge on any atom is -0.497 e. The second-order valence-corrected chi connectivity index (χ2v) is 2.97. The normalized spacial score (nSPS) is 12.2. The SMILES string of the molecule is COc1ccc([C@H](N)CO)c([N+](=O)[O-])c1. The van der Waals surface area contributed by atoms with Crippen molar-refractivity contribution >= 4 is 5.69 Å². The van der Waals surface area contributed by atoms with Gasteiger partial charge in [-0.2, -0.15) is 0 Å². The summed E-state index contributed by atoms with van der Waals surface area (Å²) in [5.41, 5.74) is 5.68. The summed E-state index contributed by atoms with van der Waals surface area (Å²) in [5.74, 6) is 0.385. The number of benzene rings is 1. The fourth-order valence-electron chi connectivity index (χ4n) is 1.22. The minimum atomic E-state index is -0.753. The van der Waals surface area contributed by atoms with Crippen LogP contribution >= 0.6 is 0 Å². The molecule has 3 N–H and O–H groups in total. The van der Waals surface area contributed by atoms with Crippen LogP contribution in [0.2, 0.25) is 0 Å². The Morgan fingerprint density at radius 2 is 2.33 bits per heavy atom. The van der Waals surface area contributed by atoms with Crippen molar-refractivity contribution in [1.82, 2.24) is 0 Å². The highest BCUT2D eigenvalue weighted by atomic mass is 16.6. The molecule has 0 amide bonds.